The first-order valence-corrected chi connectivity index (χ1v) is 15.5. The first-order chi connectivity index (χ1) is 16.3. The minimum absolute atomic E-state index is 0.345. The zero-order valence-electron chi connectivity index (χ0n) is 19.1. The number of ether oxygens (including phenoxy) is 6. The van der Waals surface area contributed by atoms with Gasteiger partial charge in [-0.3, -0.25) is 0 Å². The molecule has 2 aromatic rings. The lowest BCUT2D eigenvalue weighted by Gasteiger charge is -2.08. The average Bonchev–Trinajstić information content (AvgIpc) is 2.86. The number of hydrogen-bond acceptors (Lipinski definition) is 10. The number of benzene rings is 2. The lowest BCUT2D eigenvalue weighted by molar-refractivity contribution is -0.0425. The number of rotatable bonds is 20. The standard InChI is InChI=1S/C23H32O6S4/c1-24-20-3-7-22(8-4-20)28-13-17-32-30-15-11-26-19-27-12-16-31-33-18-14-29-23-9-5-21(25-2)6-10-23/h3-10H,11-19H2,1-2H3. The van der Waals surface area contributed by atoms with E-state index in [1.807, 2.05) is 48.5 Å². The summed E-state index contributed by atoms with van der Waals surface area (Å²) in [4.78, 5) is 0. The summed E-state index contributed by atoms with van der Waals surface area (Å²) in [6.07, 6.45) is 0. The summed E-state index contributed by atoms with van der Waals surface area (Å²) >= 11 is 0. The van der Waals surface area contributed by atoms with Crippen LogP contribution in [0.3, 0.4) is 0 Å². The van der Waals surface area contributed by atoms with Crippen LogP contribution in [-0.2, 0) is 9.47 Å². The van der Waals surface area contributed by atoms with Crippen molar-refractivity contribution >= 4 is 43.2 Å². The van der Waals surface area contributed by atoms with Crippen LogP contribution >= 0.6 is 43.2 Å². The Morgan fingerprint density at radius 1 is 0.485 bits per heavy atom. The summed E-state index contributed by atoms with van der Waals surface area (Å²) in [7, 11) is 10.5. The Bertz CT molecular complexity index is 656. The third-order valence-corrected chi connectivity index (χ3v) is 8.61. The van der Waals surface area contributed by atoms with Crippen LogP contribution in [0, 0.1) is 0 Å². The van der Waals surface area contributed by atoms with Crippen molar-refractivity contribution in [1.82, 2.24) is 0 Å². The Balaban J connectivity index is 1.27. The zero-order valence-corrected chi connectivity index (χ0v) is 22.3. The minimum Gasteiger partial charge on any atom is -0.497 e. The summed E-state index contributed by atoms with van der Waals surface area (Å²) < 4.78 is 32.6. The number of hydrogen-bond donors (Lipinski definition) is 0. The van der Waals surface area contributed by atoms with Crippen molar-refractivity contribution in [3.63, 3.8) is 0 Å². The molecule has 0 radical (unpaired) electrons. The SMILES string of the molecule is COc1ccc(OCCSSCCOCOCCSSCCOc2ccc(OC)cc2)cc1. The van der Waals surface area contributed by atoms with E-state index in [2.05, 4.69) is 0 Å². The van der Waals surface area contributed by atoms with Crippen molar-refractivity contribution in [2.24, 2.45) is 0 Å². The van der Waals surface area contributed by atoms with Crippen molar-refractivity contribution < 1.29 is 28.4 Å². The molecule has 0 heterocycles. The third kappa shape index (κ3) is 14.1. The second-order valence-electron chi connectivity index (χ2n) is 6.27. The number of methoxy groups -OCH3 is 2. The van der Waals surface area contributed by atoms with Crippen LogP contribution in [0.25, 0.3) is 0 Å². The molecule has 0 aromatic heterocycles. The maximum Gasteiger partial charge on any atom is 0.146 e. The van der Waals surface area contributed by atoms with Crippen LogP contribution < -0.4 is 18.9 Å². The van der Waals surface area contributed by atoms with Gasteiger partial charge in [-0.25, -0.2) is 0 Å². The molecule has 0 aliphatic rings. The van der Waals surface area contributed by atoms with Crippen molar-refractivity contribution in [3.8, 4) is 23.0 Å². The van der Waals surface area contributed by atoms with Crippen molar-refractivity contribution in [2.75, 3.05) is 70.5 Å². The normalized spacial score (nSPS) is 10.7. The van der Waals surface area contributed by atoms with E-state index in [0.29, 0.717) is 33.2 Å². The van der Waals surface area contributed by atoms with E-state index >= 15 is 0 Å². The summed E-state index contributed by atoms with van der Waals surface area (Å²) in [5, 5.41) is 0. The molecule has 0 unspecified atom stereocenters. The maximum atomic E-state index is 5.69. The molecule has 0 saturated carbocycles. The van der Waals surface area contributed by atoms with E-state index < -0.39 is 0 Å². The van der Waals surface area contributed by atoms with Gasteiger partial charge in [0.1, 0.15) is 29.8 Å². The molecule has 0 fully saturated rings. The van der Waals surface area contributed by atoms with Gasteiger partial charge < -0.3 is 28.4 Å². The van der Waals surface area contributed by atoms with Gasteiger partial charge in [-0.15, -0.1) is 0 Å². The molecule has 0 aliphatic carbocycles. The maximum absolute atomic E-state index is 5.69. The molecule has 184 valence electrons. The van der Waals surface area contributed by atoms with E-state index in [4.69, 9.17) is 28.4 Å². The molecule has 0 N–H and O–H groups in total. The van der Waals surface area contributed by atoms with Gasteiger partial charge in [0.2, 0.25) is 0 Å². The van der Waals surface area contributed by atoms with Crippen LogP contribution in [-0.4, -0.2) is 70.5 Å². The Morgan fingerprint density at radius 2 is 0.818 bits per heavy atom. The lowest BCUT2D eigenvalue weighted by atomic mass is 10.3. The molecule has 0 aliphatic heterocycles. The summed E-state index contributed by atoms with van der Waals surface area (Å²) in [5.41, 5.74) is 0. The van der Waals surface area contributed by atoms with E-state index in [1.165, 1.54) is 0 Å². The van der Waals surface area contributed by atoms with Crippen LogP contribution in [0.4, 0.5) is 0 Å². The van der Waals surface area contributed by atoms with Crippen LogP contribution in [0.5, 0.6) is 23.0 Å². The summed E-state index contributed by atoms with van der Waals surface area (Å²) in [5.74, 6) is 7.09. The van der Waals surface area contributed by atoms with Crippen LogP contribution in [0.2, 0.25) is 0 Å². The van der Waals surface area contributed by atoms with Crippen LogP contribution in [0.15, 0.2) is 48.5 Å². The van der Waals surface area contributed by atoms with Gasteiger partial charge in [0.05, 0.1) is 40.6 Å². The minimum atomic E-state index is 0.345. The molecule has 0 saturated heterocycles. The Labute approximate surface area is 212 Å². The second kappa shape index (κ2) is 19.3. The predicted molar refractivity (Wildman–Crippen MR) is 144 cm³/mol. The molecule has 6 nitrogen and oxygen atoms in total. The van der Waals surface area contributed by atoms with Gasteiger partial charge >= 0.3 is 0 Å². The predicted octanol–water partition coefficient (Wildman–Crippen LogP) is 5.92. The first kappa shape index (κ1) is 28.2. The molecular formula is C23H32O6S4. The third-order valence-electron chi connectivity index (χ3n) is 3.95. The first-order valence-electron chi connectivity index (χ1n) is 10.5. The molecule has 2 aromatic carbocycles. The Kier molecular flexibility index (Phi) is 16.5. The highest BCUT2D eigenvalue weighted by Gasteiger charge is 1.98. The summed E-state index contributed by atoms with van der Waals surface area (Å²) in [6, 6.07) is 15.3. The smallest absolute Gasteiger partial charge is 0.146 e. The molecular weight excluding hydrogens is 501 g/mol. The second-order valence-corrected chi connectivity index (χ2v) is 11.7. The van der Waals surface area contributed by atoms with E-state index in [0.717, 1.165) is 46.0 Å². The average molecular weight is 533 g/mol. The Morgan fingerprint density at radius 3 is 1.18 bits per heavy atom. The highest BCUT2D eigenvalue weighted by Crippen LogP contribution is 2.23. The molecule has 0 bridgehead atoms. The fraction of sp³-hybridized carbons (Fsp3) is 0.478. The summed E-state index contributed by atoms with van der Waals surface area (Å²) in [6.45, 7) is 3.06. The molecule has 10 heteroatoms. The van der Waals surface area contributed by atoms with Crippen molar-refractivity contribution in [3.05, 3.63) is 48.5 Å². The molecule has 33 heavy (non-hydrogen) atoms. The quantitative estimate of drug-likeness (QED) is 0.117. The highest BCUT2D eigenvalue weighted by atomic mass is 33.1. The molecule has 0 spiro atoms. The van der Waals surface area contributed by atoms with Gasteiger partial charge in [0.25, 0.3) is 0 Å². The largest absolute Gasteiger partial charge is 0.497 e. The molecule has 0 amide bonds. The van der Waals surface area contributed by atoms with Gasteiger partial charge in [-0.05, 0) is 48.5 Å². The van der Waals surface area contributed by atoms with Gasteiger partial charge in [-0.1, -0.05) is 43.2 Å². The lowest BCUT2D eigenvalue weighted by Crippen LogP contribution is -2.05. The van der Waals surface area contributed by atoms with E-state index in [1.54, 1.807) is 57.4 Å². The van der Waals surface area contributed by atoms with Gasteiger partial charge in [0, 0.05) is 23.0 Å². The van der Waals surface area contributed by atoms with Crippen LogP contribution in [0.1, 0.15) is 0 Å². The monoisotopic (exact) mass is 532 g/mol. The van der Waals surface area contributed by atoms with Crippen molar-refractivity contribution in [1.29, 1.82) is 0 Å². The highest BCUT2D eigenvalue weighted by molar-refractivity contribution is 8.77. The van der Waals surface area contributed by atoms with E-state index in [-0.39, 0.29) is 0 Å². The Hall–Kier alpha value is -1.04. The van der Waals surface area contributed by atoms with E-state index in [9.17, 15) is 0 Å². The van der Waals surface area contributed by atoms with Crippen molar-refractivity contribution in [2.45, 2.75) is 0 Å². The fourth-order valence-corrected chi connectivity index (χ4v) is 5.71. The fourth-order valence-electron chi connectivity index (χ4n) is 2.33. The van der Waals surface area contributed by atoms with Gasteiger partial charge in [-0.2, -0.15) is 0 Å². The molecule has 0 atom stereocenters. The molecule has 2 rings (SSSR count). The topological polar surface area (TPSA) is 55.4 Å². The zero-order chi connectivity index (χ0) is 23.4. The van der Waals surface area contributed by atoms with Gasteiger partial charge in [0.15, 0.2) is 0 Å².